The highest BCUT2D eigenvalue weighted by Crippen LogP contribution is 2.11. The summed E-state index contributed by atoms with van der Waals surface area (Å²) in [6.07, 6.45) is 1.50. The molecule has 1 N–H and O–H groups in total. The van der Waals surface area contributed by atoms with Gasteiger partial charge in [0.05, 0.1) is 0 Å². The molecular formula is C16H18N2O2. The summed E-state index contributed by atoms with van der Waals surface area (Å²) in [7, 11) is 0. The Bertz CT molecular complexity index is 632. The molecule has 0 atom stereocenters. The third-order valence-electron chi connectivity index (χ3n) is 3.08. The fourth-order valence-corrected chi connectivity index (χ4v) is 1.99. The maximum atomic E-state index is 12.5. The van der Waals surface area contributed by atoms with Crippen molar-refractivity contribution in [2.45, 2.75) is 26.4 Å². The molecule has 0 unspecified atom stereocenters. The lowest BCUT2D eigenvalue weighted by molar-refractivity contribution is 0.0684. The van der Waals surface area contributed by atoms with Gasteiger partial charge in [-0.2, -0.15) is 0 Å². The van der Waals surface area contributed by atoms with Gasteiger partial charge in [0.25, 0.3) is 5.91 Å². The number of pyridine rings is 1. The van der Waals surface area contributed by atoms with Crippen molar-refractivity contribution >= 4 is 5.91 Å². The zero-order valence-electron chi connectivity index (χ0n) is 11.7. The molecule has 4 heteroatoms. The smallest absolute Gasteiger partial charge is 0.270 e. The monoisotopic (exact) mass is 270 g/mol. The number of carbonyl (C=O) groups is 1. The predicted octanol–water partition coefficient (Wildman–Crippen LogP) is 2.43. The van der Waals surface area contributed by atoms with E-state index in [2.05, 4.69) is 4.98 Å². The van der Waals surface area contributed by atoms with E-state index >= 15 is 0 Å². The van der Waals surface area contributed by atoms with Crippen molar-refractivity contribution in [3.05, 3.63) is 70.1 Å². The highest BCUT2D eigenvalue weighted by molar-refractivity contribution is 5.92. The summed E-state index contributed by atoms with van der Waals surface area (Å²) in [6.45, 7) is 4.44. The van der Waals surface area contributed by atoms with Crippen LogP contribution in [0.4, 0.5) is 0 Å². The summed E-state index contributed by atoms with van der Waals surface area (Å²) in [5.74, 6) is -0.165. The molecule has 1 heterocycles. The molecule has 0 saturated heterocycles. The quantitative estimate of drug-likeness (QED) is 0.927. The molecule has 0 aliphatic rings. The molecule has 20 heavy (non-hydrogen) atoms. The summed E-state index contributed by atoms with van der Waals surface area (Å²) >= 11 is 0. The van der Waals surface area contributed by atoms with E-state index in [9.17, 15) is 9.59 Å². The molecule has 1 amide bonds. The summed E-state index contributed by atoms with van der Waals surface area (Å²) in [5, 5.41) is 0. The first-order valence-electron chi connectivity index (χ1n) is 6.61. The standard InChI is InChI=1S/C16H18N2O2/c1-12(2)18(11-13-6-4-3-5-7-13)16(20)15-10-14(19)8-9-17-15/h3-10,12H,11H2,1-2H3,(H,17,19). The molecule has 0 aliphatic heterocycles. The van der Waals surface area contributed by atoms with Gasteiger partial charge in [-0.05, 0) is 19.4 Å². The van der Waals surface area contributed by atoms with Gasteiger partial charge in [0.2, 0.25) is 0 Å². The van der Waals surface area contributed by atoms with Crippen molar-refractivity contribution in [1.29, 1.82) is 0 Å². The molecule has 104 valence electrons. The summed E-state index contributed by atoms with van der Waals surface area (Å²) in [4.78, 5) is 28.4. The maximum Gasteiger partial charge on any atom is 0.270 e. The fraction of sp³-hybridized carbons (Fsp3) is 0.250. The Kier molecular flexibility index (Phi) is 4.35. The topological polar surface area (TPSA) is 53.2 Å². The van der Waals surface area contributed by atoms with E-state index in [1.165, 1.54) is 18.3 Å². The number of aromatic nitrogens is 1. The van der Waals surface area contributed by atoms with Crippen LogP contribution >= 0.6 is 0 Å². The molecule has 0 aliphatic carbocycles. The van der Waals surface area contributed by atoms with Gasteiger partial charge in [-0.25, -0.2) is 0 Å². The molecule has 0 radical (unpaired) electrons. The Morgan fingerprint density at radius 1 is 1.20 bits per heavy atom. The van der Waals surface area contributed by atoms with Crippen molar-refractivity contribution in [1.82, 2.24) is 9.88 Å². The van der Waals surface area contributed by atoms with Gasteiger partial charge in [0.15, 0.2) is 5.43 Å². The van der Waals surface area contributed by atoms with Crippen molar-refractivity contribution in [2.24, 2.45) is 0 Å². The molecule has 2 aromatic rings. The minimum atomic E-state index is -0.171. The van der Waals surface area contributed by atoms with E-state index in [0.29, 0.717) is 12.2 Å². The third-order valence-corrected chi connectivity index (χ3v) is 3.08. The van der Waals surface area contributed by atoms with Crippen LogP contribution in [0.2, 0.25) is 0 Å². The normalized spacial score (nSPS) is 10.6. The van der Waals surface area contributed by atoms with Gasteiger partial charge in [-0.3, -0.25) is 9.59 Å². The Balaban J connectivity index is 2.25. The lowest BCUT2D eigenvalue weighted by atomic mass is 10.1. The predicted molar refractivity (Wildman–Crippen MR) is 78.5 cm³/mol. The molecule has 0 bridgehead atoms. The number of nitrogens with one attached hydrogen (secondary N) is 1. The first-order chi connectivity index (χ1) is 9.58. The summed E-state index contributed by atoms with van der Waals surface area (Å²) in [5.41, 5.74) is 1.21. The highest BCUT2D eigenvalue weighted by Gasteiger charge is 2.19. The second-order valence-corrected chi connectivity index (χ2v) is 4.95. The van der Waals surface area contributed by atoms with Crippen molar-refractivity contribution in [2.75, 3.05) is 0 Å². The van der Waals surface area contributed by atoms with E-state index in [-0.39, 0.29) is 17.4 Å². The Labute approximate surface area is 118 Å². The van der Waals surface area contributed by atoms with Crippen molar-refractivity contribution in [3.8, 4) is 0 Å². The van der Waals surface area contributed by atoms with Gasteiger partial charge < -0.3 is 9.88 Å². The lowest BCUT2D eigenvalue weighted by Gasteiger charge is -2.26. The fourth-order valence-electron chi connectivity index (χ4n) is 1.99. The zero-order chi connectivity index (χ0) is 14.5. The van der Waals surface area contributed by atoms with E-state index in [4.69, 9.17) is 0 Å². The van der Waals surface area contributed by atoms with Gasteiger partial charge in [-0.15, -0.1) is 0 Å². The summed E-state index contributed by atoms with van der Waals surface area (Å²) < 4.78 is 0. The SMILES string of the molecule is CC(C)N(Cc1ccccc1)C(=O)c1cc(=O)cc[nH]1. The second-order valence-electron chi connectivity index (χ2n) is 4.95. The lowest BCUT2D eigenvalue weighted by Crippen LogP contribution is -2.37. The number of H-pyrrole nitrogens is 1. The van der Waals surface area contributed by atoms with Gasteiger partial charge in [0, 0.05) is 30.9 Å². The summed E-state index contributed by atoms with van der Waals surface area (Å²) in [6, 6.07) is 12.6. The maximum absolute atomic E-state index is 12.5. The first-order valence-corrected chi connectivity index (χ1v) is 6.61. The number of benzene rings is 1. The van der Waals surface area contributed by atoms with Crippen molar-refractivity contribution < 1.29 is 4.79 Å². The van der Waals surface area contributed by atoms with Crippen LogP contribution in [-0.4, -0.2) is 21.8 Å². The molecule has 0 saturated carbocycles. The van der Waals surface area contributed by atoms with E-state index in [1.54, 1.807) is 4.90 Å². The second kappa shape index (κ2) is 6.19. The molecule has 4 nitrogen and oxygen atoms in total. The van der Waals surface area contributed by atoms with Crippen LogP contribution in [-0.2, 0) is 6.54 Å². The number of hydrogen-bond acceptors (Lipinski definition) is 2. The van der Waals surface area contributed by atoms with Crippen LogP contribution in [0.5, 0.6) is 0 Å². The van der Waals surface area contributed by atoms with Crippen LogP contribution in [0.3, 0.4) is 0 Å². The number of nitrogens with zero attached hydrogens (tertiary/aromatic N) is 1. The van der Waals surface area contributed by atoms with E-state index in [1.807, 2.05) is 44.2 Å². The zero-order valence-corrected chi connectivity index (χ0v) is 11.7. The van der Waals surface area contributed by atoms with E-state index in [0.717, 1.165) is 5.56 Å². The van der Waals surface area contributed by atoms with Gasteiger partial charge >= 0.3 is 0 Å². The van der Waals surface area contributed by atoms with Gasteiger partial charge in [0.1, 0.15) is 5.69 Å². The number of amides is 1. The molecule has 0 fully saturated rings. The largest absolute Gasteiger partial charge is 0.357 e. The number of rotatable bonds is 4. The first kappa shape index (κ1) is 14.1. The van der Waals surface area contributed by atoms with Gasteiger partial charge in [-0.1, -0.05) is 30.3 Å². The molecule has 1 aromatic carbocycles. The minimum Gasteiger partial charge on any atom is -0.357 e. The van der Waals surface area contributed by atoms with Crippen LogP contribution in [0.25, 0.3) is 0 Å². The average Bonchev–Trinajstić information content (AvgIpc) is 2.45. The number of carbonyl (C=O) groups excluding carboxylic acids is 1. The minimum absolute atomic E-state index is 0.0476. The van der Waals surface area contributed by atoms with Crippen LogP contribution in [0, 0.1) is 0 Å². The van der Waals surface area contributed by atoms with Crippen LogP contribution in [0.15, 0.2) is 53.5 Å². The molecule has 2 rings (SSSR count). The molecule has 0 spiro atoms. The highest BCUT2D eigenvalue weighted by atomic mass is 16.2. The Morgan fingerprint density at radius 3 is 2.50 bits per heavy atom. The number of hydrogen-bond donors (Lipinski definition) is 1. The Morgan fingerprint density at radius 2 is 1.90 bits per heavy atom. The van der Waals surface area contributed by atoms with Crippen LogP contribution in [0.1, 0.15) is 29.9 Å². The van der Waals surface area contributed by atoms with Crippen LogP contribution < -0.4 is 5.43 Å². The number of aromatic amines is 1. The Hall–Kier alpha value is -2.36. The van der Waals surface area contributed by atoms with Crippen molar-refractivity contribution in [3.63, 3.8) is 0 Å². The average molecular weight is 270 g/mol. The molecular weight excluding hydrogens is 252 g/mol. The molecule has 1 aromatic heterocycles. The van der Waals surface area contributed by atoms with E-state index < -0.39 is 0 Å². The third kappa shape index (κ3) is 3.35.